The molecule has 0 aromatic heterocycles. The van der Waals surface area contributed by atoms with Gasteiger partial charge < -0.3 is 5.32 Å². The van der Waals surface area contributed by atoms with Crippen molar-refractivity contribution in [2.75, 3.05) is 19.6 Å². The van der Waals surface area contributed by atoms with E-state index in [4.69, 9.17) is 0 Å². The zero-order valence-corrected chi connectivity index (χ0v) is 17.1. The smallest absolute Gasteiger partial charge is 0.240 e. The Morgan fingerprint density at radius 3 is 2.00 bits per heavy atom. The Morgan fingerprint density at radius 1 is 1.00 bits per heavy atom. The van der Waals surface area contributed by atoms with Gasteiger partial charge in [0.2, 0.25) is 20.0 Å². The fourth-order valence-electron chi connectivity index (χ4n) is 2.85. The van der Waals surface area contributed by atoms with Crippen LogP contribution in [0.25, 0.3) is 0 Å². The van der Waals surface area contributed by atoms with E-state index in [1.165, 1.54) is 24.3 Å². The molecule has 0 spiro atoms. The first kappa shape index (κ1) is 21.6. The summed E-state index contributed by atoms with van der Waals surface area (Å²) in [4.78, 5) is 0.166. The van der Waals surface area contributed by atoms with Crippen LogP contribution >= 0.6 is 12.4 Å². The van der Waals surface area contributed by atoms with Crippen LogP contribution in [0, 0.1) is 5.41 Å². The van der Waals surface area contributed by atoms with Gasteiger partial charge in [0.05, 0.1) is 9.79 Å². The van der Waals surface area contributed by atoms with Gasteiger partial charge in [-0.2, -0.15) is 0 Å². The molecule has 0 atom stereocenters. The molecule has 1 heterocycles. The highest BCUT2D eigenvalue weighted by atomic mass is 35.5. The summed E-state index contributed by atoms with van der Waals surface area (Å²) in [5, 5.41) is 3.27. The van der Waals surface area contributed by atoms with Gasteiger partial charge in [-0.1, -0.05) is 6.92 Å². The second kappa shape index (κ2) is 8.12. The Balaban J connectivity index is 0.00000243. The SMILES string of the molecule is CC1(CNS(=O)(=O)c2ccc(S(=O)(=O)NC3CC3)cc2)CCNCC1.Cl. The molecule has 3 rings (SSSR count). The Kier molecular flexibility index (Phi) is 6.74. The predicted molar refractivity (Wildman–Crippen MR) is 102 cm³/mol. The summed E-state index contributed by atoms with van der Waals surface area (Å²) in [6.45, 7) is 4.23. The molecule has 7 nitrogen and oxygen atoms in total. The molecule has 1 aliphatic heterocycles. The van der Waals surface area contributed by atoms with Crippen LogP contribution in [0.2, 0.25) is 0 Å². The van der Waals surface area contributed by atoms with E-state index in [0.29, 0.717) is 6.54 Å². The summed E-state index contributed by atoms with van der Waals surface area (Å²) >= 11 is 0. The third-order valence-electron chi connectivity index (χ3n) is 4.84. The van der Waals surface area contributed by atoms with Crippen molar-refractivity contribution >= 4 is 32.5 Å². The molecular formula is C16H26ClN3O4S2. The van der Waals surface area contributed by atoms with E-state index < -0.39 is 20.0 Å². The Bertz CT molecular complexity index is 816. The molecule has 0 bridgehead atoms. The molecule has 1 aromatic rings. The quantitative estimate of drug-likeness (QED) is 0.611. The second-order valence-electron chi connectivity index (χ2n) is 7.25. The minimum absolute atomic E-state index is 0. The molecule has 10 heteroatoms. The first-order valence-electron chi connectivity index (χ1n) is 8.53. The molecule has 0 unspecified atom stereocenters. The van der Waals surface area contributed by atoms with Crippen molar-refractivity contribution < 1.29 is 16.8 Å². The van der Waals surface area contributed by atoms with Gasteiger partial charge in [-0.3, -0.25) is 0 Å². The van der Waals surface area contributed by atoms with Gasteiger partial charge in [-0.25, -0.2) is 26.3 Å². The summed E-state index contributed by atoms with van der Waals surface area (Å²) in [6.07, 6.45) is 3.53. The molecular weight excluding hydrogens is 398 g/mol. The Labute approximate surface area is 161 Å². The van der Waals surface area contributed by atoms with Gasteiger partial charge in [-0.15, -0.1) is 12.4 Å². The van der Waals surface area contributed by atoms with Crippen LogP contribution in [0.4, 0.5) is 0 Å². The highest BCUT2D eigenvalue weighted by molar-refractivity contribution is 7.90. The topological polar surface area (TPSA) is 104 Å². The zero-order valence-electron chi connectivity index (χ0n) is 14.7. The molecule has 2 fully saturated rings. The number of piperidine rings is 1. The van der Waals surface area contributed by atoms with Crippen LogP contribution in [0.1, 0.15) is 32.6 Å². The molecule has 1 aromatic carbocycles. The number of hydrogen-bond donors (Lipinski definition) is 3. The van der Waals surface area contributed by atoms with Gasteiger partial charge >= 0.3 is 0 Å². The van der Waals surface area contributed by atoms with Crippen LogP contribution in [0.3, 0.4) is 0 Å². The molecule has 2 aliphatic rings. The van der Waals surface area contributed by atoms with Crippen molar-refractivity contribution in [1.82, 2.24) is 14.8 Å². The highest BCUT2D eigenvalue weighted by Crippen LogP contribution is 2.27. The van der Waals surface area contributed by atoms with Crippen molar-refractivity contribution in [3.05, 3.63) is 24.3 Å². The standard InChI is InChI=1S/C16H25N3O4S2.ClH/c1-16(8-10-17-11-9-16)12-18-24(20,21)14-4-6-15(7-5-14)25(22,23)19-13-2-3-13;/h4-7,13,17-19H,2-3,8-12H2,1H3;1H. The fraction of sp³-hybridized carbons (Fsp3) is 0.625. The number of nitrogens with one attached hydrogen (secondary N) is 3. The van der Waals surface area contributed by atoms with Gasteiger partial charge in [-0.05, 0) is 68.5 Å². The summed E-state index contributed by atoms with van der Waals surface area (Å²) in [5.74, 6) is 0. The summed E-state index contributed by atoms with van der Waals surface area (Å²) < 4.78 is 54.5. The summed E-state index contributed by atoms with van der Waals surface area (Å²) in [6, 6.07) is 5.38. The third kappa shape index (κ3) is 5.40. The van der Waals surface area contributed by atoms with Crippen molar-refractivity contribution in [3.8, 4) is 0 Å². The predicted octanol–water partition coefficient (Wildman–Crippen LogP) is 1.22. The average Bonchev–Trinajstić information content (AvgIpc) is 3.37. The minimum Gasteiger partial charge on any atom is -0.317 e. The Hall–Kier alpha value is -0.710. The van der Waals surface area contributed by atoms with E-state index >= 15 is 0 Å². The summed E-state index contributed by atoms with van der Waals surface area (Å²) in [7, 11) is -7.23. The maximum Gasteiger partial charge on any atom is 0.240 e. The molecule has 148 valence electrons. The lowest BCUT2D eigenvalue weighted by molar-refractivity contribution is 0.232. The summed E-state index contributed by atoms with van der Waals surface area (Å²) in [5.41, 5.74) is -0.0597. The van der Waals surface area contributed by atoms with Gasteiger partial charge in [0.25, 0.3) is 0 Å². The van der Waals surface area contributed by atoms with Gasteiger partial charge in [0.15, 0.2) is 0 Å². The van der Waals surface area contributed by atoms with E-state index in [-0.39, 0.29) is 33.7 Å². The van der Waals surface area contributed by atoms with E-state index in [1.807, 2.05) is 0 Å². The van der Waals surface area contributed by atoms with Crippen LogP contribution in [-0.2, 0) is 20.0 Å². The number of hydrogen-bond acceptors (Lipinski definition) is 5. The lowest BCUT2D eigenvalue weighted by Gasteiger charge is -2.34. The van der Waals surface area contributed by atoms with Crippen LogP contribution in [-0.4, -0.2) is 42.5 Å². The molecule has 0 radical (unpaired) electrons. The second-order valence-corrected chi connectivity index (χ2v) is 10.7. The molecule has 0 amide bonds. The Morgan fingerprint density at radius 2 is 1.50 bits per heavy atom. The average molecular weight is 424 g/mol. The monoisotopic (exact) mass is 423 g/mol. The van der Waals surface area contributed by atoms with Crippen molar-refractivity contribution in [2.45, 2.75) is 48.4 Å². The number of sulfonamides is 2. The third-order valence-corrected chi connectivity index (χ3v) is 7.80. The van der Waals surface area contributed by atoms with Crippen molar-refractivity contribution in [2.24, 2.45) is 5.41 Å². The van der Waals surface area contributed by atoms with Gasteiger partial charge in [0, 0.05) is 12.6 Å². The van der Waals surface area contributed by atoms with E-state index in [0.717, 1.165) is 38.8 Å². The first-order valence-corrected chi connectivity index (χ1v) is 11.5. The van der Waals surface area contributed by atoms with E-state index in [9.17, 15) is 16.8 Å². The maximum absolute atomic E-state index is 12.5. The number of halogens is 1. The molecule has 26 heavy (non-hydrogen) atoms. The minimum atomic E-state index is -3.66. The molecule has 3 N–H and O–H groups in total. The number of rotatable bonds is 7. The lowest BCUT2D eigenvalue weighted by atomic mass is 9.81. The van der Waals surface area contributed by atoms with Crippen molar-refractivity contribution in [1.29, 1.82) is 0 Å². The molecule has 1 saturated carbocycles. The van der Waals surface area contributed by atoms with E-state index in [2.05, 4.69) is 21.7 Å². The largest absolute Gasteiger partial charge is 0.317 e. The molecule has 1 aliphatic carbocycles. The van der Waals surface area contributed by atoms with Crippen LogP contribution in [0.15, 0.2) is 34.1 Å². The first-order chi connectivity index (χ1) is 11.7. The lowest BCUT2D eigenvalue weighted by Crippen LogP contribution is -2.42. The van der Waals surface area contributed by atoms with E-state index in [1.54, 1.807) is 0 Å². The van der Waals surface area contributed by atoms with Crippen molar-refractivity contribution in [3.63, 3.8) is 0 Å². The maximum atomic E-state index is 12.5. The fourth-order valence-corrected chi connectivity index (χ4v) is 5.35. The normalized spacial score (nSPS) is 20.3. The zero-order chi connectivity index (χ0) is 18.1. The number of benzene rings is 1. The highest BCUT2D eigenvalue weighted by Gasteiger charge is 2.30. The van der Waals surface area contributed by atoms with Crippen LogP contribution in [0.5, 0.6) is 0 Å². The van der Waals surface area contributed by atoms with Crippen LogP contribution < -0.4 is 14.8 Å². The van der Waals surface area contributed by atoms with Gasteiger partial charge in [0.1, 0.15) is 0 Å². The molecule has 1 saturated heterocycles.